The Morgan fingerprint density at radius 3 is 2.26 bits per heavy atom. The summed E-state index contributed by atoms with van der Waals surface area (Å²) in [6, 6.07) is 24.0. The zero-order valence-corrected chi connectivity index (χ0v) is 13.3. The highest BCUT2D eigenvalue weighted by atomic mass is 35.5. The fraction of sp³-hybridized carbons (Fsp3) is 0.0500. The highest BCUT2D eigenvalue weighted by molar-refractivity contribution is 6.30. The van der Waals surface area contributed by atoms with Crippen molar-refractivity contribution in [3.63, 3.8) is 0 Å². The van der Waals surface area contributed by atoms with Gasteiger partial charge in [0, 0.05) is 5.02 Å². The molecule has 0 atom stereocenters. The van der Waals surface area contributed by atoms with Gasteiger partial charge in [-0.3, -0.25) is 4.99 Å². The van der Waals surface area contributed by atoms with Crippen LogP contribution in [0.1, 0.15) is 5.56 Å². The Bertz CT molecular complexity index is 798. The minimum absolute atomic E-state index is 0.471. The molecular weight excluding hydrogens is 306 g/mol. The maximum atomic E-state index is 5.95. The number of hydrogen-bond acceptors (Lipinski definition) is 2. The van der Waals surface area contributed by atoms with Crippen LogP contribution in [0.15, 0.2) is 77.8 Å². The smallest absolute Gasteiger partial charge is 0.145 e. The summed E-state index contributed by atoms with van der Waals surface area (Å²) >= 11 is 5.95. The highest BCUT2D eigenvalue weighted by Crippen LogP contribution is 2.31. The summed E-state index contributed by atoms with van der Waals surface area (Å²) in [6.45, 7) is 4.02. The lowest BCUT2D eigenvalue weighted by Crippen LogP contribution is -1.95. The van der Waals surface area contributed by atoms with Gasteiger partial charge in [0.05, 0.1) is 0 Å². The number of benzene rings is 3. The van der Waals surface area contributed by atoms with Crippen molar-refractivity contribution in [2.75, 3.05) is 0 Å². The zero-order chi connectivity index (χ0) is 16.1. The van der Waals surface area contributed by atoms with Crippen molar-refractivity contribution in [1.82, 2.24) is 0 Å². The maximum absolute atomic E-state index is 5.95. The molecule has 3 aromatic carbocycles. The fourth-order valence-corrected chi connectivity index (χ4v) is 2.49. The van der Waals surface area contributed by atoms with E-state index in [1.54, 1.807) is 12.1 Å². The van der Waals surface area contributed by atoms with Gasteiger partial charge in [0.25, 0.3) is 0 Å². The van der Waals surface area contributed by atoms with Crippen LogP contribution >= 0.6 is 11.6 Å². The summed E-state index contributed by atoms with van der Waals surface area (Å²) in [6.07, 6.45) is 0. The van der Waals surface area contributed by atoms with Gasteiger partial charge in [0.2, 0.25) is 0 Å². The Morgan fingerprint density at radius 1 is 0.870 bits per heavy atom. The quantitative estimate of drug-likeness (QED) is 0.535. The van der Waals surface area contributed by atoms with Crippen LogP contribution in [-0.4, -0.2) is 6.72 Å². The number of nitrogens with zero attached hydrogens (tertiary/aromatic N) is 1. The molecule has 0 heterocycles. The van der Waals surface area contributed by atoms with Crippen molar-refractivity contribution >= 4 is 24.0 Å². The summed E-state index contributed by atoms with van der Waals surface area (Å²) in [5.74, 6) is 0.677. The molecule has 0 aliphatic heterocycles. The van der Waals surface area contributed by atoms with Crippen LogP contribution in [0.4, 0.5) is 5.69 Å². The normalized spacial score (nSPS) is 10.3. The minimum Gasteiger partial charge on any atom is -0.487 e. The van der Waals surface area contributed by atoms with Gasteiger partial charge >= 0.3 is 0 Å². The molecule has 0 amide bonds. The first-order valence-electron chi connectivity index (χ1n) is 7.30. The molecule has 114 valence electrons. The van der Waals surface area contributed by atoms with Gasteiger partial charge in [-0.05, 0) is 41.6 Å². The van der Waals surface area contributed by atoms with E-state index < -0.39 is 0 Å². The second-order valence-corrected chi connectivity index (χ2v) is 5.56. The zero-order valence-electron chi connectivity index (χ0n) is 12.6. The Hall–Kier alpha value is -2.58. The van der Waals surface area contributed by atoms with Crippen LogP contribution in [0.5, 0.6) is 5.75 Å². The Kier molecular flexibility index (Phi) is 4.74. The first-order chi connectivity index (χ1) is 11.3. The summed E-state index contributed by atoms with van der Waals surface area (Å²) in [7, 11) is 0. The molecule has 0 saturated heterocycles. The molecule has 0 aliphatic rings. The topological polar surface area (TPSA) is 21.6 Å². The van der Waals surface area contributed by atoms with Gasteiger partial charge in [0.1, 0.15) is 18.0 Å². The monoisotopic (exact) mass is 321 g/mol. The van der Waals surface area contributed by atoms with E-state index in [-0.39, 0.29) is 0 Å². The molecule has 23 heavy (non-hydrogen) atoms. The number of aliphatic imine (C=N–C) groups is 1. The Morgan fingerprint density at radius 2 is 1.57 bits per heavy atom. The molecule has 0 fully saturated rings. The highest BCUT2D eigenvalue weighted by Gasteiger charge is 2.04. The minimum atomic E-state index is 0.471. The number of hydrogen-bond donors (Lipinski definition) is 0. The molecule has 0 bridgehead atoms. The first kappa shape index (κ1) is 15.3. The molecule has 0 saturated carbocycles. The lowest BCUT2D eigenvalue weighted by atomic mass is 10.0. The van der Waals surface area contributed by atoms with E-state index in [1.165, 1.54) is 11.1 Å². The number of halogens is 1. The van der Waals surface area contributed by atoms with E-state index in [0.717, 1.165) is 5.56 Å². The van der Waals surface area contributed by atoms with E-state index >= 15 is 0 Å². The maximum Gasteiger partial charge on any atom is 0.145 e. The largest absolute Gasteiger partial charge is 0.487 e. The molecule has 0 spiro atoms. The summed E-state index contributed by atoms with van der Waals surface area (Å²) in [4.78, 5) is 3.94. The SMILES string of the molecule is C=Nc1cc(Cl)ccc1OCc1ccc(-c2ccccc2)cc1. The van der Waals surface area contributed by atoms with Gasteiger partial charge in [-0.2, -0.15) is 0 Å². The van der Waals surface area contributed by atoms with Crippen LogP contribution in [0.2, 0.25) is 5.02 Å². The standard InChI is InChI=1S/C20H16ClNO/c1-22-19-13-18(21)11-12-20(19)23-14-15-7-9-17(10-8-15)16-5-3-2-4-6-16/h2-13H,1,14H2. The van der Waals surface area contributed by atoms with E-state index in [0.29, 0.717) is 23.1 Å². The first-order valence-corrected chi connectivity index (χ1v) is 7.67. The fourth-order valence-electron chi connectivity index (χ4n) is 2.32. The third-order valence-electron chi connectivity index (χ3n) is 3.55. The Balaban J connectivity index is 1.71. The van der Waals surface area contributed by atoms with Crippen LogP contribution in [0.3, 0.4) is 0 Å². The van der Waals surface area contributed by atoms with Gasteiger partial charge in [-0.25, -0.2) is 0 Å². The summed E-state index contributed by atoms with van der Waals surface area (Å²) < 4.78 is 5.82. The molecule has 0 aromatic heterocycles. The van der Waals surface area contributed by atoms with E-state index in [2.05, 4.69) is 48.1 Å². The second-order valence-electron chi connectivity index (χ2n) is 5.12. The molecule has 0 unspecified atom stereocenters. The lowest BCUT2D eigenvalue weighted by molar-refractivity contribution is 0.307. The average molecular weight is 322 g/mol. The van der Waals surface area contributed by atoms with E-state index in [1.807, 2.05) is 24.3 Å². The van der Waals surface area contributed by atoms with Gasteiger partial charge in [-0.15, -0.1) is 0 Å². The molecule has 3 heteroatoms. The molecule has 0 radical (unpaired) electrons. The van der Waals surface area contributed by atoms with Crippen molar-refractivity contribution in [3.8, 4) is 16.9 Å². The average Bonchev–Trinajstić information content (AvgIpc) is 2.62. The number of ether oxygens (including phenoxy) is 1. The summed E-state index contributed by atoms with van der Waals surface area (Å²) in [5.41, 5.74) is 4.14. The third-order valence-corrected chi connectivity index (χ3v) is 3.78. The van der Waals surface area contributed by atoms with Crippen molar-refractivity contribution < 1.29 is 4.74 Å². The molecular formula is C20H16ClNO. The third kappa shape index (κ3) is 3.79. The summed E-state index contributed by atoms with van der Waals surface area (Å²) in [5, 5.41) is 0.618. The van der Waals surface area contributed by atoms with Crippen molar-refractivity contribution in [1.29, 1.82) is 0 Å². The van der Waals surface area contributed by atoms with Crippen LogP contribution < -0.4 is 4.74 Å². The van der Waals surface area contributed by atoms with E-state index in [9.17, 15) is 0 Å². The molecule has 3 aromatic rings. The number of rotatable bonds is 5. The van der Waals surface area contributed by atoms with Crippen LogP contribution in [0, 0.1) is 0 Å². The van der Waals surface area contributed by atoms with Gasteiger partial charge in [0.15, 0.2) is 0 Å². The molecule has 2 nitrogen and oxygen atoms in total. The van der Waals surface area contributed by atoms with Crippen LogP contribution in [0.25, 0.3) is 11.1 Å². The predicted molar refractivity (Wildman–Crippen MR) is 96.9 cm³/mol. The predicted octanol–water partition coefficient (Wildman–Crippen LogP) is 5.92. The molecule has 3 rings (SSSR count). The lowest BCUT2D eigenvalue weighted by Gasteiger charge is -2.10. The van der Waals surface area contributed by atoms with Crippen molar-refractivity contribution in [3.05, 3.63) is 83.4 Å². The van der Waals surface area contributed by atoms with Crippen molar-refractivity contribution in [2.24, 2.45) is 4.99 Å². The Labute approximate surface area is 141 Å². The van der Waals surface area contributed by atoms with Crippen molar-refractivity contribution in [2.45, 2.75) is 6.61 Å². The van der Waals surface area contributed by atoms with Gasteiger partial charge < -0.3 is 4.74 Å². The van der Waals surface area contributed by atoms with E-state index in [4.69, 9.17) is 16.3 Å². The molecule has 0 aliphatic carbocycles. The van der Waals surface area contributed by atoms with Crippen LogP contribution in [-0.2, 0) is 6.61 Å². The second kappa shape index (κ2) is 7.12. The molecule has 0 N–H and O–H groups in total. The van der Waals surface area contributed by atoms with Gasteiger partial charge in [-0.1, -0.05) is 66.2 Å².